The number of benzene rings is 1. The van der Waals surface area contributed by atoms with Crippen molar-refractivity contribution in [3.8, 4) is 0 Å². The highest BCUT2D eigenvalue weighted by Gasteiger charge is 2.35. The van der Waals surface area contributed by atoms with E-state index in [0.717, 1.165) is 11.3 Å². The van der Waals surface area contributed by atoms with Crippen molar-refractivity contribution in [2.24, 2.45) is 0 Å². The number of carboxylic acids is 1. The molecule has 1 heterocycles. The first-order chi connectivity index (χ1) is 12.5. The summed E-state index contributed by atoms with van der Waals surface area (Å²) < 4.78 is 5.53. The van der Waals surface area contributed by atoms with Gasteiger partial charge >= 0.3 is 12.1 Å². The predicted molar refractivity (Wildman–Crippen MR) is 107 cm³/mol. The van der Waals surface area contributed by atoms with Gasteiger partial charge < -0.3 is 19.6 Å². The molecule has 0 aliphatic carbocycles. The zero-order valence-electron chi connectivity index (χ0n) is 17.0. The minimum absolute atomic E-state index is 0.0198. The zero-order chi connectivity index (χ0) is 20.4. The Morgan fingerprint density at radius 1 is 1.19 bits per heavy atom. The van der Waals surface area contributed by atoms with Crippen LogP contribution in [0.25, 0.3) is 6.08 Å². The number of carbonyl (C=O) groups excluding carboxylic acids is 1. The SMILES string of the molecule is C/C=C\c1cc(C(=O)O)ccc1N1C[C@@H](C)N(C(=O)OC(C)(C)C)C[C@@H]1C. The summed E-state index contributed by atoms with van der Waals surface area (Å²) in [5, 5.41) is 9.27. The highest BCUT2D eigenvalue weighted by atomic mass is 16.6. The van der Waals surface area contributed by atoms with Crippen molar-refractivity contribution in [2.75, 3.05) is 18.0 Å². The molecule has 6 heteroatoms. The molecule has 27 heavy (non-hydrogen) atoms. The van der Waals surface area contributed by atoms with Crippen LogP contribution in [0.2, 0.25) is 0 Å². The maximum atomic E-state index is 12.5. The van der Waals surface area contributed by atoms with Crippen LogP contribution in [0.4, 0.5) is 10.5 Å². The van der Waals surface area contributed by atoms with Gasteiger partial charge in [0.2, 0.25) is 0 Å². The summed E-state index contributed by atoms with van der Waals surface area (Å²) in [5.74, 6) is -0.941. The van der Waals surface area contributed by atoms with Crippen LogP contribution in [0, 0.1) is 0 Å². The van der Waals surface area contributed by atoms with Crippen LogP contribution in [0.1, 0.15) is 57.5 Å². The lowest BCUT2D eigenvalue weighted by Crippen LogP contribution is -2.59. The summed E-state index contributed by atoms with van der Waals surface area (Å²) >= 11 is 0. The van der Waals surface area contributed by atoms with Crippen LogP contribution in [0.15, 0.2) is 24.3 Å². The standard InChI is InChI=1S/C21H30N2O4/c1-7-8-16-11-17(19(24)25)9-10-18(16)22-12-15(3)23(13-14(22)2)20(26)27-21(4,5)6/h7-11,14-15H,12-13H2,1-6H3,(H,24,25)/b8-7-/t14-,15+/m0/s1. The quantitative estimate of drug-likeness (QED) is 0.856. The van der Waals surface area contributed by atoms with Crippen molar-refractivity contribution in [2.45, 2.75) is 59.2 Å². The third kappa shape index (κ3) is 5.02. The fourth-order valence-electron chi connectivity index (χ4n) is 3.30. The molecule has 2 atom stereocenters. The molecule has 0 aromatic heterocycles. The molecule has 148 valence electrons. The number of hydrogen-bond acceptors (Lipinski definition) is 4. The predicted octanol–water partition coefficient (Wildman–Crippen LogP) is 4.25. The third-order valence-corrected chi connectivity index (χ3v) is 4.54. The summed E-state index contributed by atoms with van der Waals surface area (Å²) in [7, 11) is 0. The van der Waals surface area contributed by atoms with E-state index in [-0.39, 0.29) is 23.7 Å². The molecule has 0 spiro atoms. The van der Waals surface area contributed by atoms with Gasteiger partial charge in [-0.3, -0.25) is 0 Å². The number of allylic oxidation sites excluding steroid dienone is 1. The summed E-state index contributed by atoms with van der Waals surface area (Å²) in [5.41, 5.74) is 1.58. The molecule has 1 aliphatic rings. The van der Waals surface area contributed by atoms with E-state index < -0.39 is 11.6 Å². The monoisotopic (exact) mass is 374 g/mol. The molecule has 1 aromatic carbocycles. The van der Waals surface area contributed by atoms with Gasteiger partial charge in [-0.15, -0.1) is 0 Å². The normalized spacial score (nSPS) is 20.8. The maximum absolute atomic E-state index is 12.5. The lowest BCUT2D eigenvalue weighted by Gasteiger charge is -2.45. The molecule has 0 unspecified atom stereocenters. The van der Waals surface area contributed by atoms with E-state index in [9.17, 15) is 14.7 Å². The Kier molecular flexibility index (Phi) is 6.19. The van der Waals surface area contributed by atoms with Gasteiger partial charge in [-0.25, -0.2) is 9.59 Å². The topological polar surface area (TPSA) is 70.1 Å². The molecule has 0 bridgehead atoms. The van der Waals surface area contributed by atoms with E-state index >= 15 is 0 Å². The largest absolute Gasteiger partial charge is 0.478 e. The number of carbonyl (C=O) groups is 2. The van der Waals surface area contributed by atoms with E-state index in [1.807, 2.05) is 52.8 Å². The Morgan fingerprint density at radius 3 is 2.41 bits per heavy atom. The van der Waals surface area contributed by atoms with Gasteiger partial charge in [-0.1, -0.05) is 12.2 Å². The molecule has 0 saturated carbocycles. The van der Waals surface area contributed by atoms with Gasteiger partial charge in [-0.05, 0) is 65.3 Å². The first kappa shape index (κ1) is 20.8. The number of amides is 1. The first-order valence-electron chi connectivity index (χ1n) is 9.29. The summed E-state index contributed by atoms with van der Waals surface area (Å²) in [6.07, 6.45) is 3.52. The van der Waals surface area contributed by atoms with Crippen molar-refractivity contribution < 1.29 is 19.4 Å². The van der Waals surface area contributed by atoms with Gasteiger partial charge in [0.1, 0.15) is 5.60 Å². The van der Waals surface area contributed by atoms with E-state index in [1.54, 1.807) is 17.0 Å². The molecular weight excluding hydrogens is 344 g/mol. The lowest BCUT2D eigenvalue weighted by molar-refractivity contribution is 0.0130. The second kappa shape index (κ2) is 8.03. The Labute approximate surface area is 161 Å². The van der Waals surface area contributed by atoms with Crippen molar-refractivity contribution in [3.63, 3.8) is 0 Å². The Hall–Kier alpha value is -2.50. The molecule has 1 aromatic rings. The van der Waals surface area contributed by atoms with E-state index in [2.05, 4.69) is 11.8 Å². The van der Waals surface area contributed by atoms with E-state index in [4.69, 9.17) is 4.74 Å². The average Bonchev–Trinajstić information content (AvgIpc) is 2.55. The Bertz CT molecular complexity index is 736. The maximum Gasteiger partial charge on any atom is 0.410 e. The number of piperazine rings is 1. The van der Waals surface area contributed by atoms with Crippen molar-refractivity contribution in [1.82, 2.24) is 4.90 Å². The number of rotatable bonds is 3. The van der Waals surface area contributed by atoms with Gasteiger partial charge in [-0.2, -0.15) is 0 Å². The highest BCUT2D eigenvalue weighted by molar-refractivity contribution is 5.90. The second-order valence-corrected chi connectivity index (χ2v) is 8.06. The number of aromatic carboxylic acids is 1. The van der Waals surface area contributed by atoms with Crippen molar-refractivity contribution in [1.29, 1.82) is 0 Å². The molecule has 1 fully saturated rings. The fraction of sp³-hybridized carbons (Fsp3) is 0.524. The Balaban J connectivity index is 2.27. The van der Waals surface area contributed by atoms with Crippen LogP contribution in [-0.2, 0) is 4.74 Å². The van der Waals surface area contributed by atoms with Crippen LogP contribution < -0.4 is 4.90 Å². The second-order valence-electron chi connectivity index (χ2n) is 8.06. The van der Waals surface area contributed by atoms with Gasteiger partial charge in [0, 0.05) is 30.9 Å². The summed E-state index contributed by atoms with van der Waals surface area (Å²) in [6.45, 7) is 12.8. The number of anilines is 1. The average molecular weight is 374 g/mol. The molecule has 2 rings (SSSR count). The van der Waals surface area contributed by atoms with Gasteiger partial charge in [0.05, 0.1) is 5.56 Å². The van der Waals surface area contributed by atoms with Gasteiger partial charge in [0.15, 0.2) is 0 Å². The number of carboxylic acid groups (broad SMARTS) is 1. The van der Waals surface area contributed by atoms with Gasteiger partial charge in [0.25, 0.3) is 0 Å². The summed E-state index contributed by atoms with van der Waals surface area (Å²) in [4.78, 5) is 27.8. The van der Waals surface area contributed by atoms with Crippen molar-refractivity contribution >= 4 is 23.8 Å². The molecular formula is C21H30N2O4. The van der Waals surface area contributed by atoms with E-state index in [1.165, 1.54) is 0 Å². The molecule has 1 amide bonds. The van der Waals surface area contributed by atoms with Crippen LogP contribution >= 0.6 is 0 Å². The molecule has 1 saturated heterocycles. The van der Waals surface area contributed by atoms with Crippen LogP contribution in [0.3, 0.4) is 0 Å². The minimum atomic E-state index is -0.941. The molecule has 0 radical (unpaired) electrons. The van der Waals surface area contributed by atoms with Crippen molar-refractivity contribution in [3.05, 3.63) is 35.4 Å². The minimum Gasteiger partial charge on any atom is -0.478 e. The number of ether oxygens (including phenoxy) is 1. The van der Waals surface area contributed by atoms with Crippen LogP contribution in [0.5, 0.6) is 0 Å². The first-order valence-corrected chi connectivity index (χ1v) is 9.29. The zero-order valence-corrected chi connectivity index (χ0v) is 17.0. The molecule has 6 nitrogen and oxygen atoms in total. The highest BCUT2D eigenvalue weighted by Crippen LogP contribution is 2.29. The molecule has 1 aliphatic heterocycles. The fourth-order valence-corrected chi connectivity index (χ4v) is 3.30. The number of hydrogen-bond donors (Lipinski definition) is 1. The summed E-state index contributed by atoms with van der Waals surface area (Å²) in [6, 6.07) is 5.23. The Morgan fingerprint density at radius 2 is 1.85 bits per heavy atom. The van der Waals surface area contributed by atoms with Crippen LogP contribution in [-0.4, -0.2) is 52.8 Å². The lowest BCUT2D eigenvalue weighted by atomic mass is 10.0. The smallest absolute Gasteiger partial charge is 0.410 e. The third-order valence-electron chi connectivity index (χ3n) is 4.54. The number of nitrogens with zero attached hydrogens (tertiary/aromatic N) is 2. The van der Waals surface area contributed by atoms with E-state index in [0.29, 0.717) is 13.1 Å². The molecule has 1 N–H and O–H groups in total.